The van der Waals surface area contributed by atoms with E-state index in [2.05, 4.69) is 34.0 Å². The Morgan fingerprint density at radius 3 is 2.94 bits per heavy atom. The van der Waals surface area contributed by atoms with Gasteiger partial charge in [-0.2, -0.15) is 0 Å². The molecule has 1 aliphatic heterocycles. The van der Waals surface area contributed by atoms with Gasteiger partial charge in [-0.3, -0.25) is 9.88 Å². The number of aromatic nitrogens is 1. The molecule has 1 aromatic rings. The van der Waals surface area contributed by atoms with Gasteiger partial charge < -0.3 is 10.6 Å². The zero-order valence-electron chi connectivity index (χ0n) is 10.5. The lowest BCUT2D eigenvalue weighted by Crippen LogP contribution is -2.37. The molecule has 4 heteroatoms. The predicted molar refractivity (Wildman–Crippen MR) is 69.6 cm³/mol. The third-order valence-corrected chi connectivity index (χ3v) is 3.51. The van der Waals surface area contributed by atoms with Crippen LogP contribution < -0.4 is 5.73 Å². The SMILES string of the molecule is CN(CCN)C1CCN(Cc2ccncc2)C1. The van der Waals surface area contributed by atoms with Gasteiger partial charge in [0.05, 0.1) is 0 Å². The van der Waals surface area contributed by atoms with Crippen LogP contribution in [0.25, 0.3) is 0 Å². The van der Waals surface area contributed by atoms with Crippen molar-refractivity contribution in [3.05, 3.63) is 30.1 Å². The Morgan fingerprint density at radius 2 is 2.24 bits per heavy atom. The topological polar surface area (TPSA) is 45.4 Å². The van der Waals surface area contributed by atoms with Crippen LogP contribution in [0.2, 0.25) is 0 Å². The number of likely N-dealkylation sites (tertiary alicyclic amines) is 1. The highest BCUT2D eigenvalue weighted by molar-refractivity contribution is 5.09. The maximum Gasteiger partial charge on any atom is 0.0271 e. The molecule has 0 spiro atoms. The number of rotatable bonds is 5. The van der Waals surface area contributed by atoms with E-state index in [0.717, 1.165) is 26.2 Å². The Balaban J connectivity index is 1.82. The summed E-state index contributed by atoms with van der Waals surface area (Å²) in [5.74, 6) is 0. The predicted octanol–water partition coefficient (Wildman–Crippen LogP) is 0.546. The second kappa shape index (κ2) is 6.10. The van der Waals surface area contributed by atoms with Gasteiger partial charge in [0.2, 0.25) is 0 Å². The van der Waals surface area contributed by atoms with Gasteiger partial charge in [-0.1, -0.05) is 0 Å². The van der Waals surface area contributed by atoms with E-state index in [1.807, 2.05) is 12.4 Å². The summed E-state index contributed by atoms with van der Waals surface area (Å²) in [6.45, 7) is 5.11. The molecule has 1 aliphatic rings. The van der Waals surface area contributed by atoms with Crippen LogP contribution >= 0.6 is 0 Å². The largest absolute Gasteiger partial charge is 0.329 e. The minimum Gasteiger partial charge on any atom is -0.329 e. The smallest absolute Gasteiger partial charge is 0.0271 e. The van der Waals surface area contributed by atoms with E-state index in [0.29, 0.717) is 6.04 Å². The average molecular weight is 234 g/mol. The maximum atomic E-state index is 5.59. The molecule has 94 valence electrons. The molecule has 0 aliphatic carbocycles. The molecule has 0 saturated carbocycles. The molecule has 4 nitrogen and oxygen atoms in total. The lowest BCUT2D eigenvalue weighted by Gasteiger charge is -2.24. The minimum absolute atomic E-state index is 0.667. The monoisotopic (exact) mass is 234 g/mol. The summed E-state index contributed by atoms with van der Waals surface area (Å²) in [6.07, 6.45) is 4.98. The van der Waals surface area contributed by atoms with Gasteiger partial charge in [-0.15, -0.1) is 0 Å². The maximum absolute atomic E-state index is 5.59. The Kier molecular flexibility index (Phi) is 4.48. The fraction of sp³-hybridized carbons (Fsp3) is 0.615. The molecule has 1 fully saturated rings. The van der Waals surface area contributed by atoms with Crippen LogP contribution in [0.3, 0.4) is 0 Å². The molecular formula is C13H22N4. The van der Waals surface area contributed by atoms with Crippen molar-refractivity contribution in [3.63, 3.8) is 0 Å². The van der Waals surface area contributed by atoms with Crippen LogP contribution in [0, 0.1) is 0 Å². The molecule has 0 amide bonds. The van der Waals surface area contributed by atoms with Crippen LogP contribution in [-0.4, -0.2) is 54.1 Å². The molecule has 0 radical (unpaired) electrons. The van der Waals surface area contributed by atoms with Crippen LogP contribution in [0.15, 0.2) is 24.5 Å². The number of nitrogens with zero attached hydrogens (tertiary/aromatic N) is 3. The first-order chi connectivity index (χ1) is 8.29. The van der Waals surface area contributed by atoms with Gasteiger partial charge in [-0.05, 0) is 31.2 Å². The summed E-state index contributed by atoms with van der Waals surface area (Å²) in [4.78, 5) is 8.94. The third kappa shape index (κ3) is 3.49. The Bertz CT molecular complexity index is 327. The summed E-state index contributed by atoms with van der Waals surface area (Å²) in [5, 5.41) is 0. The lowest BCUT2D eigenvalue weighted by molar-refractivity contribution is 0.234. The van der Waals surface area contributed by atoms with E-state index in [1.165, 1.54) is 18.5 Å². The van der Waals surface area contributed by atoms with E-state index in [4.69, 9.17) is 5.73 Å². The highest BCUT2D eigenvalue weighted by Crippen LogP contribution is 2.16. The molecular weight excluding hydrogens is 212 g/mol. The van der Waals surface area contributed by atoms with Crippen molar-refractivity contribution in [2.24, 2.45) is 5.73 Å². The Hall–Kier alpha value is -0.970. The number of hydrogen-bond donors (Lipinski definition) is 1. The summed E-state index contributed by atoms with van der Waals surface area (Å²) in [6, 6.07) is 4.86. The van der Waals surface area contributed by atoms with Crippen molar-refractivity contribution in [2.45, 2.75) is 19.0 Å². The van der Waals surface area contributed by atoms with E-state index in [9.17, 15) is 0 Å². The first-order valence-electron chi connectivity index (χ1n) is 6.31. The Morgan fingerprint density at radius 1 is 1.47 bits per heavy atom. The standard InChI is InChI=1S/C13H22N4/c1-16(9-5-14)13-4-8-17(11-13)10-12-2-6-15-7-3-12/h2-3,6-7,13H,4-5,8-11,14H2,1H3. The molecule has 0 bridgehead atoms. The van der Waals surface area contributed by atoms with Crippen molar-refractivity contribution in [1.82, 2.24) is 14.8 Å². The second-order valence-electron chi connectivity index (χ2n) is 4.80. The summed E-state index contributed by atoms with van der Waals surface area (Å²) >= 11 is 0. The van der Waals surface area contributed by atoms with Gasteiger partial charge in [0.1, 0.15) is 0 Å². The fourth-order valence-corrected chi connectivity index (χ4v) is 2.45. The van der Waals surface area contributed by atoms with Crippen LogP contribution in [0.4, 0.5) is 0 Å². The van der Waals surface area contributed by atoms with Crippen LogP contribution in [0.5, 0.6) is 0 Å². The first-order valence-corrected chi connectivity index (χ1v) is 6.31. The van der Waals surface area contributed by atoms with Crippen molar-refractivity contribution < 1.29 is 0 Å². The van der Waals surface area contributed by atoms with E-state index in [1.54, 1.807) is 0 Å². The molecule has 2 rings (SSSR count). The van der Waals surface area contributed by atoms with Gasteiger partial charge in [0.25, 0.3) is 0 Å². The van der Waals surface area contributed by atoms with Gasteiger partial charge in [-0.25, -0.2) is 0 Å². The summed E-state index contributed by atoms with van der Waals surface area (Å²) in [5.41, 5.74) is 6.94. The zero-order valence-corrected chi connectivity index (χ0v) is 10.5. The minimum atomic E-state index is 0.667. The lowest BCUT2D eigenvalue weighted by atomic mass is 10.2. The van der Waals surface area contributed by atoms with Crippen molar-refractivity contribution in [3.8, 4) is 0 Å². The molecule has 2 heterocycles. The first kappa shape index (κ1) is 12.5. The number of likely N-dealkylation sites (N-methyl/N-ethyl adjacent to an activating group) is 1. The van der Waals surface area contributed by atoms with Crippen molar-refractivity contribution in [1.29, 1.82) is 0 Å². The average Bonchev–Trinajstić information content (AvgIpc) is 2.79. The number of nitrogens with two attached hydrogens (primary N) is 1. The zero-order chi connectivity index (χ0) is 12.1. The quantitative estimate of drug-likeness (QED) is 0.808. The van der Waals surface area contributed by atoms with Gasteiger partial charge >= 0.3 is 0 Å². The van der Waals surface area contributed by atoms with E-state index in [-0.39, 0.29) is 0 Å². The molecule has 0 aromatic carbocycles. The Labute approximate surface area is 103 Å². The second-order valence-corrected chi connectivity index (χ2v) is 4.80. The third-order valence-electron chi connectivity index (χ3n) is 3.51. The van der Waals surface area contributed by atoms with Gasteiger partial charge in [0, 0.05) is 51.2 Å². The van der Waals surface area contributed by atoms with Crippen molar-refractivity contribution >= 4 is 0 Å². The molecule has 17 heavy (non-hydrogen) atoms. The normalized spacial score (nSPS) is 21.2. The molecule has 1 aromatic heterocycles. The van der Waals surface area contributed by atoms with Crippen LogP contribution in [-0.2, 0) is 6.54 Å². The molecule has 2 N–H and O–H groups in total. The van der Waals surface area contributed by atoms with Crippen molar-refractivity contribution in [2.75, 3.05) is 33.2 Å². The van der Waals surface area contributed by atoms with E-state index < -0.39 is 0 Å². The highest BCUT2D eigenvalue weighted by Gasteiger charge is 2.24. The molecule has 1 atom stereocenters. The molecule has 1 saturated heterocycles. The number of pyridine rings is 1. The molecule has 1 unspecified atom stereocenters. The fourth-order valence-electron chi connectivity index (χ4n) is 2.45. The van der Waals surface area contributed by atoms with E-state index >= 15 is 0 Å². The van der Waals surface area contributed by atoms with Crippen LogP contribution in [0.1, 0.15) is 12.0 Å². The van der Waals surface area contributed by atoms with Gasteiger partial charge in [0.15, 0.2) is 0 Å². The summed E-state index contributed by atoms with van der Waals surface area (Å²) in [7, 11) is 2.17. The summed E-state index contributed by atoms with van der Waals surface area (Å²) < 4.78 is 0. The number of hydrogen-bond acceptors (Lipinski definition) is 4. The highest BCUT2D eigenvalue weighted by atomic mass is 15.2.